The Morgan fingerprint density at radius 1 is 1.47 bits per heavy atom. The van der Waals surface area contributed by atoms with Gasteiger partial charge < -0.3 is 10.4 Å². The summed E-state index contributed by atoms with van der Waals surface area (Å²) < 4.78 is 2.92. The van der Waals surface area contributed by atoms with Gasteiger partial charge in [-0.2, -0.15) is 5.10 Å². The van der Waals surface area contributed by atoms with E-state index in [4.69, 9.17) is 0 Å². The zero-order valence-corrected chi connectivity index (χ0v) is 12.0. The second-order valence-corrected chi connectivity index (χ2v) is 5.66. The van der Waals surface area contributed by atoms with Crippen LogP contribution in [0.15, 0.2) is 29.0 Å². The van der Waals surface area contributed by atoms with E-state index in [2.05, 4.69) is 31.3 Å². The summed E-state index contributed by atoms with van der Waals surface area (Å²) in [6, 6.07) is 5.84. The quantitative estimate of drug-likeness (QED) is 0.905. The Bertz CT molecular complexity index is 584. The Kier molecular flexibility index (Phi) is 3.52. The molecule has 0 fully saturated rings. The van der Waals surface area contributed by atoms with Crippen LogP contribution in [0.4, 0.5) is 0 Å². The molecule has 0 spiro atoms. The normalized spacial score (nSPS) is 18.3. The average molecular weight is 323 g/mol. The molecule has 2 aromatic rings. The van der Waals surface area contributed by atoms with Gasteiger partial charge in [0.05, 0.1) is 6.54 Å². The summed E-state index contributed by atoms with van der Waals surface area (Å²) in [6.45, 7) is 1.49. The van der Waals surface area contributed by atoms with Crippen LogP contribution in [0.5, 0.6) is 5.75 Å². The number of phenolic OH excluding ortho intramolecular Hbond substituents is 1. The maximum Gasteiger partial charge on any atom is 0.138 e. The first kappa shape index (κ1) is 12.6. The van der Waals surface area contributed by atoms with Crippen LogP contribution < -0.4 is 5.32 Å². The minimum Gasteiger partial charge on any atom is -0.508 e. The number of aryl methyl sites for hydroxylation is 1. The number of rotatable bonds is 3. The Labute approximate surface area is 119 Å². The third kappa shape index (κ3) is 2.79. The summed E-state index contributed by atoms with van der Waals surface area (Å²) in [7, 11) is 0. The van der Waals surface area contributed by atoms with Crippen molar-refractivity contribution in [1.82, 2.24) is 20.1 Å². The largest absolute Gasteiger partial charge is 0.508 e. The average Bonchev–Trinajstić information content (AvgIpc) is 2.87. The summed E-state index contributed by atoms with van der Waals surface area (Å²) in [4.78, 5) is 4.21. The Morgan fingerprint density at radius 2 is 2.37 bits per heavy atom. The van der Waals surface area contributed by atoms with Crippen LogP contribution in [0.2, 0.25) is 0 Å². The van der Waals surface area contributed by atoms with Crippen LogP contribution in [0.3, 0.4) is 0 Å². The van der Waals surface area contributed by atoms with Crippen LogP contribution in [0, 0.1) is 0 Å². The van der Waals surface area contributed by atoms with Crippen molar-refractivity contribution in [3.8, 4) is 5.75 Å². The predicted octanol–water partition coefficient (Wildman–Crippen LogP) is 1.85. The van der Waals surface area contributed by atoms with Gasteiger partial charge in [0.25, 0.3) is 0 Å². The molecule has 0 radical (unpaired) electrons. The first-order valence-corrected chi connectivity index (χ1v) is 7.09. The highest BCUT2D eigenvalue weighted by Gasteiger charge is 2.19. The van der Waals surface area contributed by atoms with E-state index < -0.39 is 0 Å². The minimum absolute atomic E-state index is 0.327. The van der Waals surface area contributed by atoms with Crippen molar-refractivity contribution in [2.45, 2.75) is 32.0 Å². The van der Waals surface area contributed by atoms with Gasteiger partial charge in [-0.3, -0.25) is 0 Å². The molecule has 2 heterocycles. The zero-order chi connectivity index (χ0) is 13.2. The van der Waals surface area contributed by atoms with Crippen LogP contribution in [0.1, 0.15) is 17.8 Å². The number of halogens is 1. The van der Waals surface area contributed by atoms with E-state index in [1.807, 2.05) is 16.8 Å². The number of aromatic hydroxyl groups is 1. The van der Waals surface area contributed by atoms with Gasteiger partial charge in [-0.05, 0) is 24.6 Å². The van der Waals surface area contributed by atoms with Crippen molar-refractivity contribution in [3.63, 3.8) is 0 Å². The van der Waals surface area contributed by atoms with E-state index >= 15 is 0 Å². The molecule has 5 nitrogen and oxygen atoms in total. The monoisotopic (exact) mass is 322 g/mol. The molecule has 0 saturated carbocycles. The van der Waals surface area contributed by atoms with Gasteiger partial charge in [0.2, 0.25) is 0 Å². The van der Waals surface area contributed by atoms with Gasteiger partial charge in [0.15, 0.2) is 0 Å². The van der Waals surface area contributed by atoms with Crippen molar-refractivity contribution in [1.29, 1.82) is 0 Å². The van der Waals surface area contributed by atoms with E-state index in [1.54, 1.807) is 12.4 Å². The van der Waals surface area contributed by atoms with E-state index in [0.29, 0.717) is 18.3 Å². The highest BCUT2D eigenvalue weighted by atomic mass is 79.9. The second kappa shape index (κ2) is 5.30. The molecule has 1 aromatic heterocycles. The van der Waals surface area contributed by atoms with Crippen molar-refractivity contribution in [3.05, 3.63) is 40.4 Å². The Balaban J connectivity index is 1.63. The van der Waals surface area contributed by atoms with E-state index in [0.717, 1.165) is 35.2 Å². The third-order valence-corrected chi connectivity index (χ3v) is 3.92. The second-order valence-electron chi connectivity index (χ2n) is 4.75. The van der Waals surface area contributed by atoms with Gasteiger partial charge in [-0.15, -0.1) is 0 Å². The molecular weight excluding hydrogens is 308 g/mol. The molecule has 19 heavy (non-hydrogen) atoms. The number of hydrogen-bond donors (Lipinski definition) is 2. The summed E-state index contributed by atoms with van der Waals surface area (Å²) >= 11 is 3.42. The molecule has 0 aliphatic carbocycles. The van der Waals surface area contributed by atoms with Crippen LogP contribution in [0.25, 0.3) is 0 Å². The standard InChI is InChI=1S/C13H15BrN4O/c14-10-1-3-12(19)9(5-10)6-15-11-2-4-13-16-8-17-18(13)7-11/h1,3,5,8,11,15,19H,2,4,6-7H2/t11-/m1/s1. The van der Waals surface area contributed by atoms with Gasteiger partial charge >= 0.3 is 0 Å². The summed E-state index contributed by atoms with van der Waals surface area (Å²) in [5.74, 6) is 1.39. The van der Waals surface area contributed by atoms with Crippen molar-refractivity contribution in [2.24, 2.45) is 0 Å². The van der Waals surface area contributed by atoms with Crippen LogP contribution in [-0.4, -0.2) is 25.9 Å². The number of aromatic nitrogens is 3. The fourth-order valence-electron chi connectivity index (χ4n) is 2.35. The number of benzene rings is 1. The van der Waals surface area contributed by atoms with Gasteiger partial charge in [0, 0.05) is 29.0 Å². The topological polar surface area (TPSA) is 63.0 Å². The third-order valence-electron chi connectivity index (χ3n) is 3.43. The van der Waals surface area contributed by atoms with Crippen LogP contribution in [-0.2, 0) is 19.5 Å². The number of nitrogens with zero attached hydrogens (tertiary/aromatic N) is 3. The molecule has 0 amide bonds. The van der Waals surface area contributed by atoms with Gasteiger partial charge in [0.1, 0.15) is 17.9 Å². The highest BCUT2D eigenvalue weighted by molar-refractivity contribution is 9.10. The first-order valence-electron chi connectivity index (χ1n) is 6.30. The number of hydrogen-bond acceptors (Lipinski definition) is 4. The molecule has 1 aromatic carbocycles. The molecule has 0 unspecified atom stereocenters. The molecule has 2 N–H and O–H groups in total. The number of fused-ring (bicyclic) bond motifs is 1. The smallest absolute Gasteiger partial charge is 0.138 e. The van der Waals surface area contributed by atoms with Crippen molar-refractivity contribution >= 4 is 15.9 Å². The lowest BCUT2D eigenvalue weighted by Gasteiger charge is -2.23. The lowest BCUT2D eigenvalue weighted by atomic mass is 10.1. The van der Waals surface area contributed by atoms with E-state index in [9.17, 15) is 5.11 Å². The van der Waals surface area contributed by atoms with Gasteiger partial charge in [-0.1, -0.05) is 15.9 Å². The predicted molar refractivity (Wildman–Crippen MR) is 74.8 cm³/mol. The first-order chi connectivity index (χ1) is 9.22. The minimum atomic E-state index is 0.327. The van der Waals surface area contributed by atoms with E-state index in [1.165, 1.54) is 0 Å². The Hall–Kier alpha value is -1.40. The summed E-state index contributed by atoms with van der Waals surface area (Å²) in [5, 5.41) is 17.5. The maximum absolute atomic E-state index is 9.80. The molecule has 1 aliphatic rings. The molecule has 100 valence electrons. The Morgan fingerprint density at radius 3 is 3.26 bits per heavy atom. The molecule has 0 bridgehead atoms. The maximum atomic E-state index is 9.80. The summed E-state index contributed by atoms with van der Waals surface area (Å²) in [5.41, 5.74) is 0.902. The lowest BCUT2D eigenvalue weighted by Crippen LogP contribution is -2.37. The fraction of sp³-hybridized carbons (Fsp3) is 0.385. The highest BCUT2D eigenvalue weighted by Crippen LogP contribution is 2.22. The fourth-order valence-corrected chi connectivity index (χ4v) is 2.76. The zero-order valence-electron chi connectivity index (χ0n) is 10.4. The molecule has 0 saturated heterocycles. The number of nitrogens with one attached hydrogen (secondary N) is 1. The van der Waals surface area contributed by atoms with Gasteiger partial charge in [-0.25, -0.2) is 9.67 Å². The summed E-state index contributed by atoms with van der Waals surface area (Å²) in [6.07, 6.45) is 3.60. The molecule has 1 atom stereocenters. The van der Waals surface area contributed by atoms with Crippen molar-refractivity contribution < 1.29 is 5.11 Å². The SMILES string of the molecule is Oc1ccc(Br)cc1CN[C@@H]1CCc2ncnn2C1. The molecule has 1 aliphatic heterocycles. The van der Waals surface area contributed by atoms with Crippen molar-refractivity contribution in [2.75, 3.05) is 0 Å². The number of phenols is 1. The van der Waals surface area contributed by atoms with Crippen LogP contribution >= 0.6 is 15.9 Å². The molecular formula is C13H15BrN4O. The van der Waals surface area contributed by atoms with E-state index in [-0.39, 0.29) is 0 Å². The lowest BCUT2D eigenvalue weighted by molar-refractivity contribution is 0.355. The molecule has 3 rings (SSSR count). The molecule has 6 heteroatoms.